The summed E-state index contributed by atoms with van der Waals surface area (Å²) in [5.41, 5.74) is 3.59. The van der Waals surface area contributed by atoms with Crippen LogP contribution in [0.1, 0.15) is 11.1 Å². The smallest absolute Gasteiger partial charge is 0.184 e. The van der Waals surface area contributed by atoms with E-state index in [-0.39, 0.29) is 31.1 Å². The molecule has 0 amide bonds. The molecule has 0 heterocycles. The molecule has 2 aliphatic carbocycles. The Labute approximate surface area is 169 Å². The Morgan fingerprint density at radius 1 is 0.708 bits per heavy atom. The molecule has 2 aliphatic rings. The topological polar surface area (TPSA) is 0 Å². The minimum absolute atomic E-state index is 0. The first-order valence-corrected chi connectivity index (χ1v) is 7.47. The van der Waals surface area contributed by atoms with E-state index in [0.29, 0.717) is 0 Å². The molecular weight excluding hydrogens is 514 g/mol. The van der Waals surface area contributed by atoms with Gasteiger partial charge in [0.1, 0.15) is 0 Å². The van der Waals surface area contributed by atoms with Crippen molar-refractivity contribution >= 4 is 5.57 Å². The summed E-state index contributed by atoms with van der Waals surface area (Å²) in [6.07, 6.45) is 33.0. The molecule has 0 atom stereocenters. The quantitative estimate of drug-likeness (QED) is 0.420. The van der Waals surface area contributed by atoms with Crippen molar-refractivity contribution in [3.05, 3.63) is 127 Å². The van der Waals surface area contributed by atoms with Crippen LogP contribution >= 0.6 is 0 Å². The summed E-state index contributed by atoms with van der Waals surface area (Å²) in [5.74, 6) is 0. The van der Waals surface area contributed by atoms with Crippen molar-refractivity contribution in [2.24, 2.45) is 0 Å². The van der Waals surface area contributed by atoms with Gasteiger partial charge >= 0.3 is 31.1 Å². The van der Waals surface area contributed by atoms with Gasteiger partial charge in [-0.25, -0.2) is 0 Å². The fourth-order valence-electron chi connectivity index (χ4n) is 1.95. The maximum Gasteiger partial charge on any atom is 4.00 e. The molecule has 0 nitrogen and oxygen atoms in total. The van der Waals surface area contributed by atoms with Gasteiger partial charge in [-0.3, -0.25) is 0 Å². The molecule has 0 aliphatic heterocycles. The van der Waals surface area contributed by atoms with Crippen LogP contribution in [0.4, 0.5) is 0 Å². The molecule has 24 heavy (non-hydrogen) atoms. The summed E-state index contributed by atoms with van der Waals surface area (Å²) in [5, 5.41) is 0. The van der Waals surface area contributed by atoms with Gasteiger partial charge in [0.05, 0.1) is 0 Å². The normalized spacial score (nSPS) is 26.0. The summed E-state index contributed by atoms with van der Waals surface area (Å²) >= 11 is 0. The maximum atomic E-state index is 3.26. The van der Waals surface area contributed by atoms with Gasteiger partial charge in [0.2, 0.25) is 0 Å². The third-order valence-electron chi connectivity index (χ3n) is 3.08. The van der Waals surface area contributed by atoms with Crippen molar-refractivity contribution in [1.82, 2.24) is 0 Å². The standard InChI is InChI=1S/C15H12.C8H6.U/c1-13-9-7-8-12-15(13)14-10-5-3-2-4-6-11-14;1-2-4-6-8-7-5-3-1;/h2-3,5-9,11-12H,1H3;1-3,6-8H;/q2*-2;+4/b3-2?,5-3-,11-6-,14-11?;2-1-,3-1?,8-6?,8-7-;. The zero-order valence-electron chi connectivity index (χ0n) is 13.7. The fraction of sp³-hybridized carbons (Fsp3) is 0.0435. The summed E-state index contributed by atoms with van der Waals surface area (Å²) in [7, 11) is 0. The van der Waals surface area contributed by atoms with Gasteiger partial charge in [-0.1, -0.05) is 35.4 Å². The van der Waals surface area contributed by atoms with Gasteiger partial charge in [0.25, 0.3) is 0 Å². The van der Waals surface area contributed by atoms with Crippen LogP contribution in [0.15, 0.2) is 91.1 Å². The van der Waals surface area contributed by atoms with Crippen molar-refractivity contribution in [3.8, 4) is 0 Å². The third-order valence-corrected chi connectivity index (χ3v) is 3.08. The Bertz CT molecular complexity index is 679. The second kappa shape index (κ2) is 12.6. The molecular formula is C23H18U. The molecule has 0 aromatic heterocycles. The van der Waals surface area contributed by atoms with Crippen LogP contribution in [-0.2, 0) is 0 Å². The van der Waals surface area contributed by atoms with Gasteiger partial charge in [-0.05, 0) is 6.92 Å². The molecule has 1 aromatic carbocycles. The van der Waals surface area contributed by atoms with E-state index in [0.717, 1.165) is 5.57 Å². The minimum atomic E-state index is 0. The van der Waals surface area contributed by atoms with Crippen molar-refractivity contribution in [3.63, 3.8) is 0 Å². The summed E-state index contributed by atoms with van der Waals surface area (Å²) in [6, 6.07) is 8.32. The first-order chi connectivity index (χ1) is 11.4. The van der Waals surface area contributed by atoms with Crippen LogP contribution in [0.3, 0.4) is 0 Å². The third kappa shape index (κ3) is 7.64. The van der Waals surface area contributed by atoms with Gasteiger partial charge in [0.15, 0.2) is 0 Å². The van der Waals surface area contributed by atoms with Gasteiger partial charge in [0, 0.05) is 0 Å². The molecule has 114 valence electrons. The van der Waals surface area contributed by atoms with Crippen molar-refractivity contribution in [2.45, 2.75) is 6.92 Å². The van der Waals surface area contributed by atoms with E-state index in [4.69, 9.17) is 0 Å². The Morgan fingerprint density at radius 3 is 1.96 bits per heavy atom. The Kier molecular flexibility index (Phi) is 10.6. The van der Waals surface area contributed by atoms with Crippen LogP contribution in [-0.4, -0.2) is 0 Å². The first kappa shape index (κ1) is 20.2. The molecule has 0 fully saturated rings. The average Bonchev–Trinajstić information content (AvgIpc) is 2.48. The van der Waals surface area contributed by atoms with Crippen LogP contribution in [0, 0.1) is 62.3 Å². The molecule has 0 radical (unpaired) electrons. The predicted molar refractivity (Wildman–Crippen MR) is 97.8 cm³/mol. The van der Waals surface area contributed by atoms with E-state index >= 15 is 0 Å². The second-order valence-corrected chi connectivity index (χ2v) is 4.78. The Hall–Kier alpha value is -1.81. The van der Waals surface area contributed by atoms with Crippen LogP contribution in [0.5, 0.6) is 0 Å². The maximum absolute atomic E-state index is 3.26. The van der Waals surface area contributed by atoms with Crippen LogP contribution < -0.4 is 0 Å². The van der Waals surface area contributed by atoms with Gasteiger partial charge in [-0.2, -0.15) is 90.6 Å². The molecule has 0 saturated heterocycles. The molecule has 0 bridgehead atoms. The van der Waals surface area contributed by atoms with E-state index < -0.39 is 0 Å². The molecule has 0 spiro atoms. The van der Waals surface area contributed by atoms with Crippen LogP contribution in [0.25, 0.3) is 5.57 Å². The fourth-order valence-corrected chi connectivity index (χ4v) is 1.95. The van der Waals surface area contributed by atoms with Crippen molar-refractivity contribution < 1.29 is 31.1 Å². The van der Waals surface area contributed by atoms with Crippen molar-refractivity contribution in [2.75, 3.05) is 0 Å². The monoisotopic (exact) mass is 532 g/mol. The molecule has 0 saturated carbocycles. The summed E-state index contributed by atoms with van der Waals surface area (Å²) in [4.78, 5) is 0. The minimum Gasteiger partial charge on any atom is -0.184 e. The number of allylic oxidation sites excluding steroid dienone is 16. The number of benzene rings is 1. The van der Waals surface area contributed by atoms with Gasteiger partial charge in [-0.15, -0.1) is 6.08 Å². The molecule has 0 N–H and O–H groups in total. The Morgan fingerprint density at radius 2 is 1.29 bits per heavy atom. The number of hydrogen-bond donors (Lipinski definition) is 0. The molecule has 1 heteroatoms. The first-order valence-electron chi connectivity index (χ1n) is 7.47. The van der Waals surface area contributed by atoms with E-state index in [1.807, 2.05) is 79.0 Å². The van der Waals surface area contributed by atoms with E-state index in [9.17, 15) is 0 Å². The van der Waals surface area contributed by atoms with Crippen LogP contribution in [0.2, 0.25) is 0 Å². The van der Waals surface area contributed by atoms with E-state index in [1.165, 1.54) is 11.1 Å². The Balaban J connectivity index is 0.000000273. The average molecular weight is 532 g/mol. The molecule has 3 rings (SSSR count). The predicted octanol–water partition coefficient (Wildman–Crippen LogP) is 5.50. The molecule has 0 unspecified atom stereocenters. The molecule has 1 aromatic rings. The number of aryl methyl sites for hydroxylation is 1. The number of rotatable bonds is 1. The van der Waals surface area contributed by atoms with E-state index in [1.54, 1.807) is 0 Å². The summed E-state index contributed by atoms with van der Waals surface area (Å²) in [6.45, 7) is 2.11. The van der Waals surface area contributed by atoms with Crippen molar-refractivity contribution in [1.29, 1.82) is 0 Å². The second-order valence-electron chi connectivity index (χ2n) is 4.78. The number of hydrogen-bond acceptors (Lipinski definition) is 0. The van der Waals surface area contributed by atoms with Gasteiger partial charge < -0.3 is 0 Å². The largest absolute Gasteiger partial charge is 4.00 e. The SMILES string of the molecule is Cc1ccccc1C1=[C-]/C=C\C=[C-]/C=C\1.[C-]1=C\C=C/[C-]=C\C=C/1.[U+4]. The zero-order valence-corrected chi connectivity index (χ0v) is 17.8. The zero-order chi connectivity index (χ0) is 16.2. The summed E-state index contributed by atoms with van der Waals surface area (Å²) < 4.78 is 0. The van der Waals surface area contributed by atoms with E-state index in [2.05, 4.69) is 43.4 Å².